The molecule has 1 unspecified atom stereocenters. The number of nitrogens with zero attached hydrogens (tertiary/aromatic N) is 2. The molecule has 1 aromatic carbocycles. The number of anilines is 1. The van der Waals surface area contributed by atoms with Crippen LogP contribution in [0.25, 0.3) is 0 Å². The Labute approximate surface area is 128 Å². The summed E-state index contributed by atoms with van der Waals surface area (Å²) in [5, 5.41) is 3.34. The predicted octanol–water partition coefficient (Wildman–Crippen LogP) is 2.85. The molecular formula is C17H28FN3. The highest BCUT2D eigenvalue weighted by Gasteiger charge is 2.24. The van der Waals surface area contributed by atoms with Crippen LogP contribution in [0.3, 0.4) is 0 Å². The first-order valence-corrected chi connectivity index (χ1v) is 8.02. The molecule has 1 aliphatic rings. The molecule has 1 atom stereocenters. The van der Waals surface area contributed by atoms with E-state index in [0.717, 1.165) is 37.4 Å². The van der Waals surface area contributed by atoms with E-state index in [4.69, 9.17) is 0 Å². The maximum atomic E-state index is 14.2. The Balaban J connectivity index is 2.17. The zero-order valence-electron chi connectivity index (χ0n) is 13.7. The zero-order chi connectivity index (χ0) is 15.4. The molecule has 0 amide bonds. The normalized spacial score (nSPS) is 20.3. The zero-order valence-corrected chi connectivity index (χ0v) is 13.7. The molecule has 1 aliphatic heterocycles. The number of hydrogen-bond acceptors (Lipinski definition) is 3. The Morgan fingerprint density at radius 1 is 1.33 bits per heavy atom. The van der Waals surface area contributed by atoms with Crippen molar-refractivity contribution < 1.29 is 4.39 Å². The van der Waals surface area contributed by atoms with Crippen molar-refractivity contribution in [1.82, 2.24) is 10.2 Å². The lowest BCUT2D eigenvalue weighted by molar-refractivity contribution is 0.199. The molecule has 2 rings (SSSR count). The van der Waals surface area contributed by atoms with Gasteiger partial charge in [-0.2, -0.15) is 0 Å². The fourth-order valence-electron chi connectivity index (χ4n) is 3.01. The molecule has 21 heavy (non-hydrogen) atoms. The van der Waals surface area contributed by atoms with Crippen LogP contribution in [0.5, 0.6) is 0 Å². The monoisotopic (exact) mass is 293 g/mol. The third kappa shape index (κ3) is 3.95. The van der Waals surface area contributed by atoms with Gasteiger partial charge in [-0.25, -0.2) is 4.39 Å². The first-order chi connectivity index (χ1) is 10.0. The first kappa shape index (κ1) is 16.2. The predicted molar refractivity (Wildman–Crippen MR) is 87.3 cm³/mol. The minimum absolute atomic E-state index is 0.105. The van der Waals surface area contributed by atoms with E-state index in [1.165, 1.54) is 0 Å². The highest BCUT2D eigenvalue weighted by Crippen LogP contribution is 2.26. The van der Waals surface area contributed by atoms with Gasteiger partial charge >= 0.3 is 0 Å². The number of piperazine rings is 1. The average Bonchev–Trinajstić information content (AvgIpc) is 2.45. The van der Waals surface area contributed by atoms with Crippen molar-refractivity contribution >= 4 is 5.69 Å². The summed E-state index contributed by atoms with van der Waals surface area (Å²) in [6, 6.07) is 6.30. The maximum absolute atomic E-state index is 14.2. The van der Waals surface area contributed by atoms with Gasteiger partial charge in [-0.1, -0.05) is 26.8 Å². The third-order valence-electron chi connectivity index (χ3n) is 4.29. The standard InChI is InChI=1S/C17H28FN3/c1-5-20-9-10-21(12-14(20)4)17-8-6-7-16(18)15(17)11-19-13(2)3/h6-8,13-14,19H,5,9-12H2,1-4H3. The summed E-state index contributed by atoms with van der Waals surface area (Å²) in [6.07, 6.45) is 0. The van der Waals surface area contributed by atoms with Gasteiger partial charge in [0, 0.05) is 49.5 Å². The van der Waals surface area contributed by atoms with Crippen LogP contribution in [0.15, 0.2) is 18.2 Å². The van der Waals surface area contributed by atoms with Crippen LogP contribution in [-0.2, 0) is 6.54 Å². The Morgan fingerprint density at radius 2 is 2.10 bits per heavy atom. The summed E-state index contributed by atoms with van der Waals surface area (Å²) < 4.78 is 14.2. The molecule has 1 N–H and O–H groups in total. The Morgan fingerprint density at radius 3 is 2.71 bits per heavy atom. The van der Waals surface area contributed by atoms with E-state index >= 15 is 0 Å². The van der Waals surface area contributed by atoms with E-state index in [2.05, 4.69) is 48.9 Å². The minimum Gasteiger partial charge on any atom is -0.368 e. The van der Waals surface area contributed by atoms with E-state index in [1.54, 1.807) is 6.07 Å². The van der Waals surface area contributed by atoms with Crippen LogP contribution < -0.4 is 10.2 Å². The number of hydrogen-bond donors (Lipinski definition) is 1. The largest absolute Gasteiger partial charge is 0.368 e. The number of likely N-dealkylation sites (N-methyl/N-ethyl adjacent to an activating group) is 1. The van der Waals surface area contributed by atoms with E-state index in [1.807, 2.05) is 6.07 Å². The SMILES string of the molecule is CCN1CCN(c2cccc(F)c2CNC(C)C)CC1C. The van der Waals surface area contributed by atoms with Crippen molar-refractivity contribution in [2.24, 2.45) is 0 Å². The second-order valence-corrected chi connectivity index (χ2v) is 6.20. The molecule has 118 valence electrons. The second kappa shape index (κ2) is 7.23. The maximum Gasteiger partial charge on any atom is 0.129 e. The van der Waals surface area contributed by atoms with Gasteiger partial charge in [0.15, 0.2) is 0 Å². The molecule has 0 radical (unpaired) electrons. The fourth-order valence-corrected chi connectivity index (χ4v) is 3.01. The van der Waals surface area contributed by atoms with Crippen LogP contribution in [0.2, 0.25) is 0 Å². The molecular weight excluding hydrogens is 265 g/mol. The summed E-state index contributed by atoms with van der Waals surface area (Å²) in [4.78, 5) is 4.80. The fraction of sp³-hybridized carbons (Fsp3) is 0.647. The van der Waals surface area contributed by atoms with Crippen molar-refractivity contribution in [3.05, 3.63) is 29.6 Å². The highest BCUT2D eigenvalue weighted by molar-refractivity contribution is 5.54. The lowest BCUT2D eigenvalue weighted by Gasteiger charge is -2.41. The summed E-state index contributed by atoms with van der Waals surface area (Å²) in [7, 11) is 0. The number of rotatable bonds is 5. The van der Waals surface area contributed by atoms with E-state index in [-0.39, 0.29) is 5.82 Å². The average molecular weight is 293 g/mol. The van der Waals surface area contributed by atoms with Crippen LogP contribution in [0.1, 0.15) is 33.3 Å². The van der Waals surface area contributed by atoms with Gasteiger partial charge in [-0.15, -0.1) is 0 Å². The van der Waals surface area contributed by atoms with Crippen molar-refractivity contribution in [2.75, 3.05) is 31.1 Å². The van der Waals surface area contributed by atoms with Crippen LogP contribution in [-0.4, -0.2) is 43.2 Å². The van der Waals surface area contributed by atoms with Gasteiger partial charge in [-0.05, 0) is 25.6 Å². The third-order valence-corrected chi connectivity index (χ3v) is 4.29. The van der Waals surface area contributed by atoms with Crippen LogP contribution in [0.4, 0.5) is 10.1 Å². The quantitative estimate of drug-likeness (QED) is 0.900. The number of halogens is 1. The van der Waals surface area contributed by atoms with Gasteiger partial charge in [-0.3, -0.25) is 4.90 Å². The Bertz CT molecular complexity index is 461. The molecule has 1 saturated heterocycles. The molecule has 0 spiro atoms. The van der Waals surface area contributed by atoms with Gasteiger partial charge in [0.2, 0.25) is 0 Å². The van der Waals surface area contributed by atoms with Crippen molar-refractivity contribution in [1.29, 1.82) is 0 Å². The van der Waals surface area contributed by atoms with Crippen molar-refractivity contribution in [3.63, 3.8) is 0 Å². The molecule has 4 heteroatoms. The molecule has 0 saturated carbocycles. The molecule has 1 fully saturated rings. The number of benzene rings is 1. The van der Waals surface area contributed by atoms with E-state index in [0.29, 0.717) is 18.6 Å². The van der Waals surface area contributed by atoms with Crippen molar-refractivity contribution in [2.45, 2.75) is 46.3 Å². The summed E-state index contributed by atoms with van der Waals surface area (Å²) in [5.74, 6) is -0.105. The van der Waals surface area contributed by atoms with E-state index in [9.17, 15) is 4.39 Å². The lowest BCUT2D eigenvalue weighted by atomic mass is 10.1. The smallest absolute Gasteiger partial charge is 0.129 e. The van der Waals surface area contributed by atoms with Gasteiger partial charge in [0.25, 0.3) is 0 Å². The molecule has 0 aliphatic carbocycles. The second-order valence-electron chi connectivity index (χ2n) is 6.20. The Kier molecular flexibility index (Phi) is 5.59. The van der Waals surface area contributed by atoms with Gasteiger partial charge in [0.05, 0.1) is 0 Å². The number of nitrogens with one attached hydrogen (secondary N) is 1. The highest BCUT2D eigenvalue weighted by atomic mass is 19.1. The molecule has 3 nitrogen and oxygen atoms in total. The van der Waals surface area contributed by atoms with E-state index < -0.39 is 0 Å². The Hall–Kier alpha value is -1.13. The molecule has 1 aromatic rings. The molecule has 1 heterocycles. The summed E-state index contributed by atoms with van der Waals surface area (Å²) in [6.45, 7) is 13.3. The first-order valence-electron chi connectivity index (χ1n) is 8.02. The van der Waals surface area contributed by atoms with Crippen LogP contribution >= 0.6 is 0 Å². The van der Waals surface area contributed by atoms with Crippen molar-refractivity contribution in [3.8, 4) is 0 Å². The topological polar surface area (TPSA) is 18.5 Å². The lowest BCUT2D eigenvalue weighted by Crippen LogP contribution is -2.52. The summed E-state index contributed by atoms with van der Waals surface area (Å²) in [5.41, 5.74) is 1.84. The summed E-state index contributed by atoms with van der Waals surface area (Å²) >= 11 is 0. The minimum atomic E-state index is -0.105. The van der Waals surface area contributed by atoms with Crippen LogP contribution in [0, 0.1) is 5.82 Å². The van der Waals surface area contributed by atoms with Gasteiger partial charge < -0.3 is 10.2 Å². The molecule has 0 bridgehead atoms. The van der Waals surface area contributed by atoms with Gasteiger partial charge in [0.1, 0.15) is 5.82 Å². The molecule has 0 aromatic heterocycles.